The van der Waals surface area contributed by atoms with Gasteiger partial charge in [0.25, 0.3) is 0 Å². The molecule has 0 saturated heterocycles. The SMILES string of the molecule is COc1ccc(CCC(=O)C2CCCC2N)cc1. The third kappa shape index (κ3) is 3.10. The lowest BCUT2D eigenvalue weighted by molar-refractivity contribution is -0.123. The van der Waals surface area contributed by atoms with Crippen LogP contribution in [0.3, 0.4) is 0 Å². The molecule has 0 heterocycles. The van der Waals surface area contributed by atoms with E-state index in [0.717, 1.165) is 31.4 Å². The van der Waals surface area contributed by atoms with E-state index in [1.165, 1.54) is 5.56 Å². The largest absolute Gasteiger partial charge is 0.497 e. The average Bonchev–Trinajstić information content (AvgIpc) is 2.83. The second kappa shape index (κ2) is 6.01. The van der Waals surface area contributed by atoms with E-state index in [2.05, 4.69) is 0 Å². The Kier molecular flexibility index (Phi) is 4.37. The number of ether oxygens (including phenoxy) is 1. The molecule has 1 aromatic rings. The molecule has 0 amide bonds. The number of hydrogen-bond acceptors (Lipinski definition) is 3. The van der Waals surface area contributed by atoms with Gasteiger partial charge in [0.1, 0.15) is 11.5 Å². The van der Waals surface area contributed by atoms with E-state index < -0.39 is 0 Å². The first-order valence-corrected chi connectivity index (χ1v) is 6.62. The number of carbonyl (C=O) groups is 1. The molecular formula is C15H21NO2. The third-order valence-corrected chi connectivity index (χ3v) is 3.80. The molecule has 0 bridgehead atoms. The summed E-state index contributed by atoms with van der Waals surface area (Å²) in [6.45, 7) is 0. The van der Waals surface area contributed by atoms with Crippen LogP contribution in [-0.4, -0.2) is 18.9 Å². The molecule has 2 atom stereocenters. The minimum Gasteiger partial charge on any atom is -0.497 e. The van der Waals surface area contributed by atoms with Gasteiger partial charge in [0, 0.05) is 18.4 Å². The third-order valence-electron chi connectivity index (χ3n) is 3.80. The van der Waals surface area contributed by atoms with Gasteiger partial charge in [-0.2, -0.15) is 0 Å². The van der Waals surface area contributed by atoms with Gasteiger partial charge in [-0.1, -0.05) is 18.6 Å². The summed E-state index contributed by atoms with van der Waals surface area (Å²) in [5, 5.41) is 0. The van der Waals surface area contributed by atoms with Crippen LogP contribution in [0.5, 0.6) is 5.75 Å². The van der Waals surface area contributed by atoms with Crippen LogP contribution in [0.25, 0.3) is 0 Å². The van der Waals surface area contributed by atoms with E-state index in [1.54, 1.807) is 7.11 Å². The Bertz CT molecular complexity index is 399. The lowest BCUT2D eigenvalue weighted by Gasteiger charge is -2.13. The predicted octanol–water partition coefficient (Wildman–Crippen LogP) is 2.32. The van der Waals surface area contributed by atoms with Gasteiger partial charge in [-0.25, -0.2) is 0 Å². The van der Waals surface area contributed by atoms with Crippen molar-refractivity contribution in [3.05, 3.63) is 29.8 Å². The Morgan fingerprint density at radius 3 is 2.61 bits per heavy atom. The molecule has 3 nitrogen and oxygen atoms in total. The summed E-state index contributed by atoms with van der Waals surface area (Å²) in [6, 6.07) is 7.98. The van der Waals surface area contributed by atoms with Gasteiger partial charge in [-0.3, -0.25) is 4.79 Å². The van der Waals surface area contributed by atoms with E-state index in [1.807, 2.05) is 24.3 Å². The number of hydrogen-bond donors (Lipinski definition) is 1. The lowest BCUT2D eigenvalue weighted by atomic mass is 9.94. The predicted molar refractivity (Wildman–Crippen MR) is 71.6 cm³/mol. The van der Waals surface area contributed by atoms with Crippen LogP contribution >= 0.6 is 0 Å². The van der Waals surface area contributed by atoms with Crippen LogP contribution in [0.4, 0.5) is 0 Å². The van der Waals surface area contributed by atoms with E-state index >= 15 is 0 Å². The molecule has 2 N–H and O–H groups in total. The number of rotatable bonds is 5. The quantitative estimate of drug-likeness (QED) is 0.868. The average molecular weight is 247 g/mol. The minimum absolute atomic E-state index is 0.0911. The first kappa shape index (κ1) is 13.1. The van der Waals surface area contributed by atoms with Crippen LogP contribution in [0.15, 0.2) is 24.3 Å². The number of benzene rings is 1. The van der Waals surface area contributed by atoms with Gasteiger partial charge in [0.2, 0.25) is 0 Å². The standard InChI is InChI=1S/C15H21NO2/c1-18-12-8-5-11(6-9-12)7-10-15(17)13-3-2-4-14(13)16/h5-6,8-9,13-14H,2-4,7,10,16H2,1H3. The highest BCUT2D eigenvalue weighted by atomic mass is 16.5. The Balaban J connectivity index is 1.85. The maximum atomic E-state index is 12.0. The Hall–Kier alpha value is -1.35. The van der Waals surface area contributed by atoms with Crippen molar-refractivity contribution in [2.75, 3.05) is 7.11 Å². The molecular weight excluding hydrogens is 226 g/mol. The van der Waals surface area contributed by atoms with Gasteiger partial charge < -0.3 is 10.5 Å². The van der Waals surface area contributed by atoms with Crippen molar-refractivity contribution in [1.29, 1.82) is 0 Å². The van der Waals surface area contributed by atoms with E-state index in [-0.39, 0.29) is 12.0 Å². The normalized spacial score (nSPS) is 23.0. The number of Topliss-reactive ketones (excluding diaryl/α,β-unsaturated/α-hetero) is 1. The van der Waals surface area contributed by atoms with Crippen molar-refractivity contribution in [2.24, 2.45) is 11.7 Å². The summed E-state index contributed by atoms with van der Waals surface area (Å²) in [6.07, 6.45) is 4.47. The smallest absolute Gasteiger partial charge is 0.137 e. The van der Waals surface area contributed by atoms with Crippen LogP contribution in [0.1, 0.15) is 31.2 Å². The van der Waals surface area contributed by atoms with E-state index in [4.69, 9.17) is 10.5 Å². The fourth-order valence-corrected chi connectivity index (χ4v) is 2.63. The summed E-state index contributed by atoms with van der Waals surface area (Å²) >= 11 is 0. The number of methoxy groups -OCH3 is 1. The number of aryl methyl sites for hydroxylation is 1. The molecule has 0 aromatic heterocycles. The highest BCUT2D eigenvalue weighted by Gasteiger charge is 2.29. The Morgan fingerprint density at radius 2 is 2.06 bits per heavy atom. The highest BCUT2D eigenvalue weighted by Crippen LogP contribution is 2.26. The first-order valence-electron chi connectivity index (χ1n) is 6.62. The van der Waals surface area contributed by atoms with Crippen molar-refractivity contribution < 1.29 is 9.53 Å². The van der Waals surface area contributed by atoms with Crippen molar-refractivity contribution in [3.8, 4) is 5.75 Å². The first-order chi connectivity index (χ1) is 8.70. The molecule has 3 heteroatoms. The second-order valence-corrected chi connectivity index (χ2v) is 5.02. The van der Waals surface area contributed by atoms with E-state index in [0.29, 0.717) is 12.2 Å². The molecule has 18 heavy (non-hydrogen) atoms. The van der Waals surface area contributed by atoms with Crippen LogP contribution in [-0.2, 0) is 11.2 Å². The zero-order valence-electron chi connectivity index (χ0n) is 10.9. The Morgan fingerprint density at radius 1 is 1.33 bits per heavy atom. The number of ketones is 1. The van der Waals surface area contributed by atoms with Gasteiger partial charge in [-0.15, -0.1) is 0 Å². The molecule has 98 valence electrons. The van der Waals surface area contributed by atoms with Crippen molar-refractivity contribution in [3.63, 3.8) is 0 Å². The van der Waals surface area contributed by atoms with Crippen molar-refractivity contribution >= 4 is 5.78 Å². The maximum Gasteiger partial charge on any atom is 0.137 e. The summed E-state index contributed by atoms with van der Waals surface area (Å²) in [5.41, 5.74) is 7.13. The molecule has 2 unspecified atom stereocenters. The number of carbonyl (C=O) groups excluding carboxylic acids is 1. The molecule has 0 spiro atoms. The van der Waals surface area contributed by atoms with Crippen LogP contribution in [0, 0.1) is 5.92 Å². The zero-order chi connectivity index (χ0) is 13.0. The van der Waals surface area contributed by atoms with Gasteiger partial charge in [0.15, 0.2) is 0 Å². The van der Waals surface area contributed by atoms with E-state index in [9.17, 15) is 4.79 Å². The Labute approximate surface area is 108 Å². The lowest BCUT2D eigenvalue weighted by Crippen LogP contribution is -2.30. The molecule has 1 aliphatic carbocycles. The second-order valence-electron chi connectivity index (χ2n) is 5.02. The topological polar surface area (TPSA) is 52.3 Å². The summed E-state index contributed by atoms with van der Waals surface area (Å²) < 4.78 is 5.11. The minimum atomic E-state index is 0.0911. The number of nitrogens with two attached hydrogens (primary N) is 1. The monoisotopic (exact) mass is 247 g/mol. The van der Waals surface area contributed by atoms with Gasteiger partial charge >= 0.3 is 0 Å². The fourth-order valence-electron chi connectivity index (χ4n) is 2.63. The zero-order valence-corrected chi connectivity index (χ0v) is 10.9. The fraction of sp³-hybridized carbons (Fsp3) is 0.533. The molecule has 1 fully saturated rings. The van der Waals surface area contributed by atoms with Crippen molar-refractivity contribution in [2.45, 2.75) is 38.1 Å². The van der Waals surface area contributed by atoms with Gasteiger partial charge in [-0.05, 0) is 37.0 Å². The molecule has 0 aliphatic heterocycles. The summed E-state index contributed by atoms with van der Waals surface area (Å²) in [7, 11) is 1.65. The summed E-state index contributed by atoms with van der Waals surface area (Å²) in [4.78, 5) is 12.0. The molecule has 1 aromatic carbocycles. The molecule has 0 radical (unpaired) electrons. The summed E-state index contributed by atoms with van der Waals surface area (Å²) in [5.74, 6) is 1.28. The molecule has 1 saturated carbocycles. The van der Waals surface area contributed by atoms with Crippen LogP contribution in [0.2, 0.25) is 0 Å². The molecule has 1 aliphatic rings. The van der Waals surface area contributed by atoms with Crippen molar-refractivity contribution in [1.82, 2.24) is 0 Å². The highest BCUT2D eigenvalue weighted by molar-refractivity contribution is 5.82. The maximum absolute atomic E-state index is 12.0. The van der Waals surface area contributed by atoms with Gasteiger partial charge in [0.05, 0.1) is 7.11 Å². The molecule has 2 rings (SSSR count). The van der Waals surface area contributed by atoms with Crippen LogP contribution < -0.4 is 10.5 Å².